The Labute approximate surface area is 154 Å². The minimum absolute atomic E-state index is 0.0626. The zero-order chi connectivity index (χ0) is 18.6. The van der Waals surface area contributed by atoms with E-state index in [1.165, 1.54) is 7.11 Å². The van der Waals surface area contributed by atoms with Gasteiger partial charge in [-0.25, -0.2) is 4.79 Å². The smallest absolute Gasteiger partial charge is 0.319 e. The van der Waals surface area contributed by atoms with Crippen LogP contribution in [0.1, 0.15) is 31.4 Å². The summed E-state index contributed by atoms with van der Waals surface area (Å²) in [5, 5.41) is 15.2. The quantitative estimate of drug-likeness (QED) is 0.492. The summed E-state index contributed by atoms with van der Waals surface area (Å²) in [6, 6.07) is 2.03. The Hall–Kier alpha value is -2.22. The average molecular weight is 413 g/mol. The molecule has 25 heavy (non-hydrogen) atoms. The van der Waals surface area contributed by atoms with Gasteiger partial charge in [0.25, 0.3) is 0 Å². The van der Waals surface area contributed by atoms with Crippen molar-refractivity contribution < 1.29 is 24.2 Å². The Bertz CT molecular complexity index is 692. The van der Waals surface area contributed by atoms with Crippen molar-refractivity contribution in [1.82, 2.24) is 10.6 Å². The number of carbonyl (C=O) groups excluding carboxylic acids is 2. The molecule has 2 rings (SSSR count). The number of nitrogens with one attached hydrogen (secondary N) is 2. The second-order valence-corrected chi connectivity index (χ2v) is 6.51. The van der Waals surface area contributed by atoms with E-state index in [4.69, 9.17) is 9.47 Å². The van der Waals surface area contributed by atoms with Gasteiger partial charge in [0.05, 0.1) is 24.2 Å². The summed E-state index contributed by atoms with van der Waals surface area (Å²) in [6.07, 6.45) is 1.66. The first-order chi connectivity index (χ1) is 11.9. The summed E-state index contributed by atoms with van der Waals surface area (Å²) in [5.74, 6) is -1.11. The highest BCUT2D eigenvalue weighted by Gasteiger charge is 2.39. The molecule has 2 amide bonds. The van der Waals surface area contributed by atoms with Gasteiger partial charge in [-0.15, -0.1) is 0 Å². The molecule has 0 spiro atoms. The molecule has 1 aliphatic rings. The van der Waals surface area contributed by atoms with Crippen molar-refractivity contribution >= 4 is 27.9 Å². The lowest BCUT2D eigenvalue weighted by atomic mass is 9.89. The number of phenols is 1. The van der Waals surface area contributed by atoms with Gasteiger partial charge >= 0.3 is 12.0 Å². The van der Waals surface area contributed by atoms with Gasteiger partial charge in [0.2, 0.25) is 0 Å². The molecule has 1 heterocycles. The number of phenolic OH excluding ortho intramolecular Hbond substituents is 1. The third-order valence-electron chi connectivity index (χ3n) is 3.90. The number of esters is 1. The number of carbonyl (C=O) groups is 2. The summed E-state index contributed by atoms with van der Waals surface area (Å²) in [4.78, 5) is 24.4. The molecule has 0 aliphatic carbocycles. The monoisotopic (exact) mass is 412 g/mol. The van der Waals surface area contributed by atoms with Gasteiger partial charge < -0.3 is 25.2 Å². The lowest BCUT2D eigenvalue weighted by Crippen LogP contribution is -2.51. The van der Waals surface area contributed by atoms with Crippen molar-refractivity contribution in [2.75, 3.05) is 13.7 Å². The van der Waals surface area contributed by atoms with Crippen LogP contribution in [0.3, 0.4) is 0 Å². The van der Waals surface area contributed by atoms with E-state index in [2.05, 4.69) is 33.1 Å². The predicted molar refractivity (Wildman–Crippen MR) is 95.3 cm³/mol. The Morgan fingerprint density at radius 2 is 2.16 bits per heavy atom. The molecule has 1 aromatic carbocycles. The molecule has 8 heteroatoms. The molecule has 136 valence electrons. The Kier molecular flexibility index (Phi) is 6.30. The van der Waals surface area contributed by atoms with Gasteiger partial charge in [0.15, 0.2) is 11.5 Å². The number of aromatic hydroxyl groups is 1. The third kappa shape index (κ3) is 4.25. The second kappa shape index (κ2) is 8.24. The number of halogens is 1. The van der Waals surface area contributed by atoms with Crippen LogP contribution < -0.4 is 15.4 Å². The number of hydrogen-bond donors (Lipinski definition) is 3. The van der Waals surface area contributed by atoms with E-state index >= 15 is 0 Å². The molecule has 0 aromatic heterocycles. The highest BCUT2D eigenvalue weighted by atomic mass is 79.9. The van der Waals surface area contributed by atoms with Crippen LogP contribution in [0.25, 0.3) is 0 Å². The van der Waals surface area contributed by atoms with Gasteiger partial charge in [0, 0.05) is 5.70 Å². The van der Waals surface area contributed by atoms with E-state index in [0.29, 0.717) is 16.6 Å². The molecule has 2 atom stereocenters. The van der Waals surface area contributed by atoms with Crippen LogP contribution in [0, 0.1) is 5.92 Å². The van der Waals surface area contributed by atoms with Crippen molar-refractivity contribution in [3.8, 4) is 11.5 Å². The van der Waals surface area contributed by atoms with Crippen LogP contribution in [0.2, 0.25) is 0 Å². The Morgan fingerprint density at radius 3 is 2.80 bits per heavy atom. The summed E-state index contributed by atoms with van der Waals surface area (Å²) < 4.78 is 10.8. The van der Waals surface area contributed by atoms with E-state index in [-0.39, 0.29) is 17.2 Å². The minimum atomic E-state index is -0.796. The maximum absolute atomic E-state index is 12.5. The molecule has 3 N–H and O–H groups in total. The number of rotatable bonds is 6. The van der Waals surface area contributed by atoms with Crippen molar-refractivity contribution in [2.24, 2.45) is 5.92 Å². The van der Waals surface area contributed by atoms with Gasteiger partial charge in [-0.3, -0.25) is 4.79 Å². The van der Waals surface area contributed by atoms with Crippen LogP contribution >= 0.6 is 15.9 Å². The zero-order valence-corrected chi connectivity index (χ0v) is 15.7. The summed E-state index contributed by atoms with van der Waals surface area (Å²) in [6.45, 7) is 6.09. The summed E-state index contributed by atoms with van der Waals surface area (Å²) >= 11 is 3.25. The molecule has 0 saturated carbocycles. The normalized spacial score (nSPS) is 19.8. The number of ether oxygens (including phenoxy) is 2. The molecule has 1 saturated heterocycles. The molecular formula is C17H21BrN2O5. The van der Waals surface area contributed by atoms with Crippen LogP contribution in [-0.4, -0.2) is 30.8 Å². The van der Waals surface area contributed by atoms with E-state index in [1.807, 2.05) is 6.92 Å². The van der Waals surface area contributed by atoms with Gasteiger partial charge in [-0.2, -0.15) is 0 Å². The summed E-state index contributed by atoms with van der Waals surface area (Å²) in [7, 11) is 1.42. The molecule has 0 radical (unpaired) electrons. The van der Waals surface area contributed by atoms with Gasteiger partial charge in [-0.05, 0) is 40.0 Å². The maximum atomic E-state index is 12.5. The number of urea groups is 1. The van der Waals surface area contributed by atoms with Crippen LogP contribution in [0.5, 0.6) is 11.5 Å². The largest absolute Gasteiger partial charge is 0.503 e. The first-order valence-corrected chi connectivity index (χ1v) is 8.67. The number of amides is 2. The van der Waals surface area contributed by atoms with Crippen LogP contribution in [-0.2, 0) is 9.53 Å². The summed E-state index contributed by atoms with van der Waals surface area (Å²) in [5.41, 5.74) is 0.841. The third-order valence-corrected chi connectivity index (χ3v) is 4.50. The number of methoxy groups -OCH3 is 1. The highest BCUT2D eigenvalue weighted by molar-refractivity contribution is 9.10. The van der Waals surface area contributed by atoms with Crippen molar-refractivity contribution in [3.05, 3.63) is 34.4 Å². The van der Waals surface area contributed by atoms with Crippen molar-refractivity contribution in [1.29, 1.82) is 0 Å². The SMILES string of the molecule is C=C1NC(=O)N[C@@H](c2cc(Br)c(O)c(OC)c2)[C@@H]1C(=O)OCCCC. The first kappa shape index (κ1) is 19.1. The molecule has 1 fully saturated rings. The van der Waals surface area contributed by atoms with E-state index in [9.17, 15) is 14.7 Å². The van der Waals surface area contributed by atoms with Gasteiger partial charge in [0.1, 0.15) is 5.92 Å². The lowest BCUT2D eigenvalue weighted by Gasteiger charge is -2.33. The molecule has 0 bridgehead atoms. The van der Waals surface area contributed by atoms with E-state index < -0.39 is 24.0 Å². The molecule has 1 aliphatic heterocycles. The fourth-order valence-corrected chi connectivity index (χ4v) is 3.04. The van der Waals surface area contributed by atoms with E-state index in [0.717, 1.165) is 12.8 Å². The van der Waals surface area contributed by atoms with Crippen molar-refractivity contribution in [2.45, 2.75) is 25.8 Å². The standard InChI is InChI=1S/C17H21BrN2O5/c1-4-5-6-25-16(22)13-9(2)19-17(23)20-14(13)10-7-11(18)15(21)12(8-10)24-3/h7-8,13-14,21H,2,4-6H2,1,3H3,(H2,19,20,23)/t13-,14+/m1/s1. The molecule has 0 unspecified atom stereocenters. The Morgan fingerprint density at radius 1 is 1.44 bits per heavy atom. The maximum Gasteiger partial charge on any atom is 0.319 e. The minimum Gasteiger partial charge on any atom is -0.503 e. The zero-order valence-electron chi connectivity index (χ0n) is 14.1. The lowest BCUT2D eigenvalue weighted by molar-refractivity contribution is -0.148. The first-order valence-electron chi connectivity index (χ1n) is 7.88. The van der Waals surface area contributed by atoms with Crippen LogP contribution in [0.15, 0.2) is 28.9 Å². The predicted octanol–water partition coefficient (Wildman–Crippen LogP) is 2.99. The average Bonchev–Trinajstić information content (AvgIpc) is 2.56. The fraction of sp³-hybridized carbons (Fsp3) is 0.412. The molecule has 1 aromatic rings. The van der Waals surface area contributed by atoms with Crippen molar-refractivity contribution in [3.63, 3.8) is 0 Å². The molecule has 7 nitrogen and oxygen atoms in total. The van der Waals surface area contributed by atoms with E-state index in [1.54, 1.807) is 12.1 Å². The number of hydrogen-bond acceptors (Lipinski definition) is 5. The van der Waals surface area contributed by atoms with Gasteiger partial charge in [-0.1, -0.05) is 19.9 Å². The fourth-order valence-electron chi connectivity index (χ4n) is 2.58. The molecular weight excluding hydrogens is 392 g/mol. The van der Waals surface area contributed by atoms with Crippen LogP contribution in [0.4, 0.5) is 4.79 Å². The Balaban J connectivity index is 2.36. The number of benzene rings is 1. The highest BCUT2D eigenvalue weighted by Crippen LogP contribution is 2.40. The number of unbranched alkanes of at least 4 members (excludes halogenated alkanes) is 1. The second-order valence-electron chi connectivity index (χ2n) is 5.65. The topological polar surface area (TPSA) is 96.9 Å².